The number of fused-ring (bicyclic) bond motifs is 3. The number of benzene rings is 2. The zero-order valence-electron chi connectivity index (χ0n) is 16.7. The number of aromatic nitrogens is 3. The number of carbonyl (C=O) groups excluding carboxylic acids is 1. The molecule has 0 spiro atoms. The molecule has 1 unspecified atom stereocenters. The third-order valence-corrected chi connectivity index (χ3v) is 6.31. The third-order valence-electron chi connectivity index (χ3n) is 6.31. The Kier molecular flexibility index (Phi) is 4.89. The topological polar surface area (TPSA) is 106 Å². The smallest absolute Gasteiger partial charge is 0.407 e. The maximum Gasteiger partial charge on any atom is 0.407 e. The fourth-order valence-electron chi connectivity index (χ4n) is 4.85. The number of nitrogens with zero attached hydrogens (tertiary/aromatic N) is 3. The lowest BCUT2D eigenvalue weighted by Crippen LogP contribution is -2.39. The van der Waals surface area contributed by atoms with Gasteiger partial charge in [-0.15, -0.1) is 5.10 Å². The van der Waals surface area contributed by atoms with Gasteiger partial charge in [0, 0.05) is 12.1 Å². The monoisotopic (exact) mass is 418 g/mol. The van der Waals surface area contributed by atoms with Gasteiger partial charge >= 0.3 is 12.1 Å². The Hall–Kier alpha value is -3.68. The Labute approximate surface area is 178 Å². The molecule has 0 aliphatic heterocycles. The molecule has 31 heavy (non-hydrogen) atoms. The quantitative estimate of drug-likeness (QED) is 0.659. The number of amides is 1. The maximum absolute atomic E-state index is 12.6. The molecule has 158 valence electrons. The fraction of sp³-hybridized carbons (Fsp3) is 0.304. The molecule has 0 bridgehead atoms. The van der Waals surface area contributed by atoms with Gasteiger partial charge < -0.3 is 15.2 Å². The first-order chi connectivity index (χ1) is 15.1. The van der Waals surface area contributed by atoms with E-state index in [1.54, 1.807) is 17.1 Å². The number of nitrogens with one attached hydrogen (secondary N) is 1. The standard InChI is InChI=1S/C23H22N4O4/c28-22(29)14-11-20(21(12-14)27-10-9-24-26-27)25-23(30)31-13-19-17-7-3-1-5-15(17)16-6-2-4-8-18(16)19/h1-10,14,19-21H,11-13H2,(H,25,30)(H,28,29)/t14?,20-,21+/m1/s1. The van der Waals surface area contributed by atoms with E-state index in [-0.39, 0.29) is 18.6 Å². The van der Waals surface area contributed by atoms with Crippen molar-refractivity contribution in [1.82, 2.24) is 20.3 Å². The van der Waals surface area contributed by atoms with Gasteiger partial charge in [0.05, 0.1) is 24.2 Å². The average molecular weight is 418 g/mol. The highest BCUT2D eigenvalue weighted by Crippen LogP contribution is 2.44. The maximum atomic E-state index is 12.6. The normalized spacial score (nSPS) is 22.0. The number of ether oxygens (including phenoxy) is 1. The van der Waals surface area contributed by atoms with Gasteiger partial charge in [-0.2, -0.15) is 0 Å². The molecule has 1 fully saturated rings. The summed E-state index contributed by atoms with van der Waals surface area (Å²) in [7, 11) is 0. The Balaban J connectivity index is 1.28. The predicted octanol–water partition coefficient (Wildman–Crippen LogP) is 3.22. The van der Waals surface area contributed by atoms with E-state index in [9.17, 15) is 14.7 Å². The van der Waals surface area contributed by atoms with E-state index in [2.05, 4.69) is 39.9 Å². The van der Waals surface area contributed by atoms with Crippen molar-refractivity contribution < 1.29 is 19.4 Å². The Morgan fingerprint density at radius 2 is 1.74 bits per heavy atom. The van der Waals surface area contributed by atoms with Crippen molar-refractivity contribution in [2.45, 2.75) is 30.8 Å². The first-order valence-corrected chi connectivity index (χ1v) is 10.3. The van der Waals surface area contributed by atoms with E-state index in [1.165, 1.54) is 11.1 Å². The lowest BCUT2D eigenvalue weighted by Gasteiger charge is -2.21. The summed E-state index contributed by atoms with van der Waals surface area (Å²) in [6.07, 6.45) is 3.37. The van der Waals surface area contributed by atoms with Gasteiger partial charge in [-0.05, 0) is 35.1 Å². The van der Waals surface area contributed by atoms with Gasteiger partial charge in [0.15, 0.2) is 0 Å². The van der Waals surface area contributed by atoms with E-state index in [0.717, 1.165) is 11.1 Å². The minimum absolute atomic E-state index is 0.0281. The molecule has 3 atom stereocenters. The van der Waals surface area contributed by atoms with Crippen molar-refractivity contribution in [2.75, 3.05) is 6.61 Å². The number of carboxylic acids is 1. The second kappa shape index (κ2) is 7.86. The highest BCUT2D eigenvalue weighted by molar-refractivity contribution is 5.79. The van der Waals surface area contributed by atoms with Gasteiger partial charge in [0.2, 0.25) is 0 Å². The van der Waals surface area contributed by atoms with E-state index >= 15 is 0 Å². The van der Waals surface area contributed by atoms with E-state index in [4.69, 9.17) is 4.74 Å². The first kappa shape index (κ1) is 19.3. The molecule has 2 aromatic carbocycles. The van der Waals surface area contributed by atoms with Crippen molar-refractivity contribution in [3.63, 3.8) is 0 Å². The lowest BCUT2D eigenvalue weighted by molar-refractivity contribution is -0.141. The van der Waals surface area contributed by atoms with Crippen LogP contribution in [0.5, 0.6) is 0 Å². The number of aliphatic carboxylic acids is 1. The fourth-order valence-corrected chi connectivity index (χ4v) is 4.85. The molecule has 3 aromatic rings. The number of alkyl carbamates (subject to hydrolysis) is 1. The molecule has 5 rings (SSSR count). The van der Waals surface area contributed by atoms with Gasteiger partial charge in [-0.1, -0.05) is 53.7 Å². The second-order valence-electron chi connectivity index (χ2n) is 8.03. The van der Waals surface area contributed by atoms with Crippen molar-refractivity contribution >= 4 is 12.1 Å². The molecule has 0 saturated heterocycles. The number of hydrogen-bond donors (Lipinski definition) is 2. The van der Waals surface area contributed by atoms with Crippen LogP contribution in [0.25, 0.3) is 11.1 Å². The number of carbonyl (C=O) groups is 2. The van der Waals surface area contributed by atoms with E-state index in [0.29, 0.717) is 12.8 Å². The minimum atomic E-state index is -0.873. The summed E-state index contributed by atoms with van der Waals surface area (Å²) in [6.45, 7) is 0.211. The minimum Gasteiger partial charge on any atom is -0.481 e. The van der Waals surface area contributed by atoms with Crippen molar-refractivity contribution in [3.05, 3.63) is 72.1 Å². The number of hydrogen-bond acceptors (Lipinski definition) is 5. The summed E-state index contributed by atoms with van der Waals surface area (Å²) in [5, 5.41) is 20.1. The Bertz CT molecular complexity index is 1070. The Morgan fingerprint density at radius 3 is 2.35 bits per heavy atom. The van der Waals surface area contributed by atoms with Crippen LogP contribution in [0.2, 0.25) is 0 Å². The van der Waals surface area contributed by atoms with Crippen molar-refractivity contribution in [1.29, 1.82) is 0 Å². The summed E-state index contributed by atoms with van der Waals surface area (Å²) in [6, 6.07) is 15.6. The summed E-state index contributed by atoms with van der Waals surface area (Å²) >= 11 is 0. The van der Waals surface area contributed by atoms with Crippen LogP contribution in [0.4, 0.5) is 4.79 Å². The molecule has 2 aliphatic carbocycles. The van der Waals surface area contributed by atoms with Gasteiger partial charge in [0.1, 0.15) is 6.61 Å². The second-order valence-corrected chi connectivity index (χ2v) is 8.03. The first-order valence-electron chi connectivity index (χ1n) is 10.3. The summed E-state index contributed by atoms with van der Waals surface area (Å²) in [5.41, 5.74) is 4.62. The molecular formula is C23H22N4O4. The van der Waals surface area contributed by atoms with Crippen molar-refractivity contribution in [2.24, 2.45) is 5.92 Å². The molecule has 2 aliphatic rings. The van der Waals surface area contributed by atoms with Crippen molar-refractivity contribution in [3.8, 4) is 11.1 Å². The van der Waals surface area contributed by atoms with Crippen LogP contribution in [-0.4, -0.2) is 44.8 Å². The lowest BCUT2D eigenvalue weighted by atomic mass is 9.98. The van der Waals surface area contributed by atoms with Crippen LogP contribution in [-0.2, 0) is 9.53 Å². The van der Waals surface area contributed by atoms with Crippen LogP contribution in [0.1, 0.15) is 35.9 Å². The molecule has 2 N–H and O–H groups in total. The molecule has 1 heterocycles. The molecule has 8 nitrogen and oxygen atoms in total. The van der Waals surface area contributed by atoms with E-state index < -0.39 is 24.0 Å². The van der Waals surface area contributed by atoms with Crippen LogP contribution in [0.15, 0.2) is 60.9 Å². The highest BCUT2D eigenvalue weighted by atomic mass is 16.5. The zero-order chi connectivity index (χ0) is 21.4. The van der Waals surface area contributed by atoms with Crippen LogP contribution in [0, 0.1) is 5.92 Å². The average Bonchev–Trinajstić information content (AvgIpc) is 3.50. The van der Waals surface area contributed by atoms with Crippen LogP contribution >= 0.6 is 0 Å². The number of carboxylic acid groups (broad SMARTS) is 1. The van der Waals surface area contributed by atoms with Crippen LogP contribution < -0.4 is 5.32 Å². The van der Waals surface area contributed by atoms with Gasteiger partial charge in [-0.25, -0.2) is 9.48 Å². The zero-order valence-corrected chi connectivity index (χ0v) is 16.7. The third kappa shape index (κ3) is 3.54. The molecule has 1 amide bonds. The molecule has 1 saturated carbocycles. The summed E-state index contributed by atoms with van der Waals surface area (Å²) in [4.78, 5) is 24.1. The highest BCUT2D eigenvalue weighted by Gasteiger charge is 2.40. The molecular weight excluding hydrogens is 396 g/mol. The summed E-state index contributed by atoms with van der Waals surface area (Å²) in [5.74, 6) is -1.45. The number of rotatable bonds is 5. The molecule has 0 radical (unpaired) electrons. The Morgan fingerprint density at radius 1 is 1.06 bits per heavy atom. The SMILES string of the molecule is O=C(N[C@@H]1CC(C(=O)O)C[C@@H]1n1ccnn1)OCC1c2ccccc2-c2ccccc21. The summed E-state index contributed by atoms with van der Waals surface area (Å²) < 4.78 is 7.23. The molecule has 1 aromatic heterocycles. The van der Waals surface area contributed by atoms with Gasteiger partial charge in [-0.3, -0.25) is 4.79 Å². The van der Waals surface area contributed by atoms with Gasteiger partial charge in [0.25, 0.3) is 0 Å². The van der Waals surface area contributed by atoms with E-state index in [1.807, 2.05) is 24.3 Å². The largest absolute Gasteiger partial charge is 0.481 e. The molecule has 8 heteroatoms. The van der Waals surface area contributed by atoms with Crippen LogP contribution in [0.3, 0.4) is 0 Å². The predicted molar refractivity (Wildman–Crippen MR) is 111 cm³/mol.